The van der Waals surface area contributed by atoms with Gasteiger partial charge >= 0.3 is 0 Å². The Bertz CT molecular complexity index is 1030. The largest absolute Gasteiger partial charge is 0.371 e. The molecule has 4 rings (SSSR count). The third-order valence-electron chi connectivity index (χ3n) is 7.04. The summed E-state index contributed by atoms with van der Waals surface area (Å²) in [5.74, 6) is -0.103. The van der Waals surface area contributed by atoms with E-state index in [1.807, 2.05) is 36.2 Å². The molecule has 2 amide bonds. The maximum atomic E-state index is 13.4. The second-order valence-corrected chi connectivity index (χ2v) is 10.2. The topological polar surface area (TPSA) is 55.9 Å². The molecule has 0 unspecified atom stereocenters. The minimum Gasteiger partial charge on any atom is -0.371 e. The Kier molecular flexibility index (Phi) is 8.02. The van der Waals surface area contributed by atoms with E-state index in [1.54, 1.807) is 18.2 Å². The average Bonchev–Trinajstić information content (AvgIpc) is 2.84. The number of rotatable bonds is 5. The van der Waals surface area contributed by atoms with Gasteiger partial charge in [0.05, 0.1) is 16.1 Å². The lowest BCUT2D eigenvalue weighted by Crippen LogP contribution is -2.46. The first-order valence-electron chi connectivity index (χ1n) is 11.9. The van der Waals surface area contributed by atoms with Crippen LogP contribution in [0, 0.1) is 0 Å². The third kappa shape index (κ3) is 5.68. The van der Waals surface area contributed by atoms with Crippen molar-refractivity contribution in [2.24, 2.45) is 0 Å². The number of anilines is 1. The predicted molar refractivity (Wildman–Crippen MR) is 138 cm³/mol. The molecule has 2 aromatic rings. The van der Waals surface area contributed by atoms with Crippen LogP contribution in [0.3, 0.4) is 0 Å². The van der Waals surface area contributed by atoms with Crippen LogP contribution in [0.4, 0.5) is 5.69 Å². The van der Waals surface area contributed by atoms with Crippen LogP contribution in [-0.2, 0) is 0 Å². The van der Waals surface area contributed by atoms with E-state index in [0.717, 1.165) is 63.1 Å². The highest BCUT2D eigenvalue weighted by Crippen LogP contribution is 2.27. The van der Waals surface area contributed by atoms with Crippen LogP contribution >= 0.6 is 23.2 Å². The molecule has 6 nitrogen and oxygen atoms in total. The number of amides is 2. The lowest BCUT2D eigenvalue weighted by molar-refractivity contribution is 0.0660. The predicted octanol–water partition coefficient (Wildman–Crippen LogP) is 4.56. The summed E-state index contributed by atoms with van der Waals surface area (Å²) >= 11 is 12.1. The summed E-state index contributed by atoms with van der Waals surface area (Å²) in [5, 5.41) is 3.95. The quantitative estimate of drug-likeness (QED) is 0.650. The van der Waals surface area contributed by atoms with Crippen molar-refractivity contribution in [1.29, 1.82) is 0 Å². The summed E-state index contributed by atoms with van der Waals surface area (Å²) in [6.45, 7) is 3.57. The number of hydrogen-bond donors (Lipinski definition) is 1. The second kappa shape index (κ2) is 11.0. The minimum absolute atomic E-state index is 0.0558. The average molecular weight is 503 g/mol. The normalized spacial score (nSPS) is 18.1. The third-order valence-corrected chi connectivity index (χ3v) is 7.59. The van der Waals surface area contributed by atoms with Crippen molar-refractivity contribution in [1.82, 2.24) is 15.1 Å². The van der Waals surface area contributed by atoms with Gasteiger partial charge in [0, 0.05) is 42.9 Å². The Hall–Kier alpha value is -2.28. The number of para-hydroxylation sites is 1. The molecule has 2 aromatic carbocycles. The molecule has 2 aliphatic heterocycles. The molecular weight excluding hydrogens is 471 g/mol. The van der Waals surface area contributed by atoms with E-state index in [4.69, 9.17) is 23.2 Å². The highest BCUT2D eigenvalue weighted by molar-refractivity contribution is 6.36. The zero-order valence-corrected chi connectivity index (χ0v) is 21.3. The number of hydrogen-bond acceptors (Lipinski definition) is 4. The number of benzene rings is 2. The van der Waals surface area contributed by atoms with E-state index < -0.39 is 0 Å². The molecule has 0 bridgehead atoms. The Labute approximate surface area is 211 Å². The maximum absolute atomic E-state index is 13.4. The van der Waals surface area contributed by atoms with Crippen molar-refractivity contribution in [2.45, 2.75) is 37.8 Å². The number of nitrogens with zero attached hydrogens (tertiary/aromatic N) is 3. The summed E-state index contributed by atoms with van der Waals surface area (Å²) in [5.41, 5.74) is 2.15. The summed E-state index contributed by atoms with van der Waals surface area (Å²) in [6.07, 6.45) is 3.60. The molecule has 182 valence electrons. The number of piperidine rings is 2. The fraction of sp³-hybridized carbons (Fsp3) is 0.462. The molecule has 8 heteroatoms. The van der Waals surface area contributed by atoms with Crippen molar-refractivity contribution in [3.8, 4) is 0 Å². The van der Waals surface area contributed by atoms with Gasteiger partial charge in [-0.1, -0.05) is 35.3 Å². The summed E-state index contributed by atoms with van der Waals surface area (Å²) in [4.78, 5) is 32.6. The van der Waals surface area contributed by atoms with Gasteiger partial charge in [-0.15, -0.1) is 0 Å². The SMILES string of the molecule is CN1CCC(N(C)C(=O)c2ccccc2N2CCC(NC(=O)c3ccc(Cl)cc3Cl)CC2)CC1. The molecule has 2 fully saturated rings. The van der Waals surface area contributed by atoms with Crippen LogP contribution in [0.5, 0.6) is 0 Å². The van der Waals surface area contributed by atoms with E-state index in [1.165, 1.54) is 0 Å². The van der Waals surface area contributed by atoms with Gasteiger partial charge in [-0.05, 0) is 76.2 Å². The Balaban J connectivity index is 1.38. The van der Waals surface area contributed by atoms with Crippen LogP contribution in [0.25, 0.3) is 0 Å². The molecule has 0 saturated carbocycles. The molecular formula is C26H32Cl2N4O2. The van der Waals surface area contributed by atoms with Gasteiger partial charge in [0.15, 0.2) is 0 Å². The minimum atomic E-state index is -0.185. The fourth-order valence-electron chi connectivity index (χ4n) is 4.87. The summed E-state index contributed by atoms with van der Waals surface area (Å²) in [7, 11) is 4.06. The molecule has 2 saturated heterocycles. The van der Waals surface area contributed by atoms with Crippen LogP contribution in [0.2, 0.25) is 10.0 Å². The van der Waals surface area contributed by atoms with Crippen molar-refractivity contribution in [3.05, 3.63) is 63.6 Å². The van der Waals surface area contributed by atoms with Gasteiger partial charge < -0.3 is 20.0 Å². The first-order chi connectivity index (χ1) is 16.3. The van der Waals surface area contributed by atoms with E-state index >= 15 is 0 Å². The molecule has 0 radical (unpaired) electrons. The lowest BCUT2D eigenvalue weighted by Gasteiger charge is -2.37. The number of likely N-dealkylation sites (tertiary alicyclic amines) is 1. The monoisotopic (exact) mass is 502 g/mol. The molecule has 34 heavy (non-hydrogen) atoms. The highest BCUT2D eigenvalue weighted by Gasteiger charge is 2.28. The molecule has 2 heterocycles. The molecule has 2 aliphatic rings. The first kappa shape index (κ1) is 24.8. The number of nitrogens with one attached hydrogen (secondary N) is 1. The van der Waals surface area contributed by atoms with Crippen LogP contribution in [-0.4, -0.2) is 74.0 Å². The van der Waals surface area contributed by atoms with Crippen molar-refractivity contribution in [2.75, 3.05) is 45.2 Å². The molecule has 0 aliphatic carbocycles. The number of halogens is 2. The van der Waals surface area contributed by atoms with E-state index in [-0.39, 0.29) is 23.9 Å². The maximum Gasteiger partial charge on any atom is 0.255 e. The zero-order valence-electron chi connectivity index (χ0n) is 19.8. The first-order valence-corrected chi connectivity index (χ1v) is 12.6. The van der Waals surface area contributed by atoms with E-state index in [2.05, 4.69) is 22.2 Å². The smallest absolute Gasteiger partial charge is 0.255 e. The summed E-state index contributed by atoms with van der Waals surface area (Å²) < 4.78 is 0. The number of carbonyl (C=O) groups excluding carboxylic acids is 2. The fourth-order valence-corrected chi connectivity index (χ4v) is 5.36. The van der Waals surface area contributed by atoms with Crippen LogP contribution in [0.15, 0.2) is 42.5 Å². The molecule has 0 aromatic heterocycles. The molecule has 0 atom stereocenters. The van der Waals surface area contributed by atoms with Crippen molar-refractivity contribution < 1.29 is 9.59 Å². The van der Waals surface area contributed by atoms with Crippen LogP contribution in [0.1, 0.15) is 46.4 Å². The standard InChI is InChI=1S/C26H32Cl2N4O2/c1-30-13-11-20(12-14-30)31(2)26(34)22-5-3-4-6-24(22)32-15-9-19(10-16-32)29-25(33)21-8-7-18(27)17-23(21)28/h3-8,17,19-20H,9-16H2,1-2H3,(H,29,33). The highest BCUT2D eigenvalue weighted by atomic mass is 35.5. The van der Waals surface area contributed by atoms with Gasteiger partial charge in [0.25, 0.3) is 11.8 Å². The molecule has 1 N–H and O–H groups in total. The van der Waals surface area contributed by atoms with Gasteiger partial charge in [-0.2, -0.15) is 0 Å². The van der Waals surface area contributed by atoms with E-state index in [0.29, 0.717) is 15.6 Å². The Morgan fingerprint density at radius 3 is 2.29 bits per heavy atom. The summed E-state index contributed by atoms with van der Waals surface area (Å²) in [6, 6.07) is 13.1. The van der Waals surface area contributed by atoms with Gasteiger partial charge in [-0.3, -0.25) is 9.59 Å². The van der Waals surface area contributed by atoms with Crippen molar-refractivity contribution >= 4 is 40.7 Å². The molecule has 0 spiro atoms. The van der Waals surface area contributed by atoms with Gasteiger partial charge in [0.1, 0.15) is 0 Å². The zero-order chi connectivity index (χ0) is 24.2. The second-order valence-electron chi connectivity index (χ2n) is 9.33. The van der Waals surface area contributed by atoms with Gasteiger partial charge in [-0.25, -0.2) is 0 Å². The number of carbonyl (C=O) groups is 2. The van der Waals surface area contributed by atoms with E-state index in [9.17, 15) is 9.59 Å². The van der Waals surface area contributed by atoms with Crippen molar-refractivity contribution in [3.63, 3.8) is 0 Å². The Morgan fingerprint density at radius 2 is 1.62 bits per heavy atom. The Morgan fingerprint density at radius 1 is 0.941 bits per heavy atom. The van der Waals surface area contributed by atoms with Crippen LogP contribution < -0.4 is 10.2 Å². The lowest BCUT2D eigenvalue weighted by atomic mass is 10.0. The van der Waals surface area contributed by atoms with Gasteiger partial charge in [0.2, 0.25) is 0 Å².